The van der Waals surface area contributed by atoms with Crippen LogP contribution >= 0.6 is 0 Å². The minimum Gasteiger partial charge on any atom is -0.465 e. The summed E-state index contributed by atoms with van der Waals surface area (Å²) in [5, 5.41) is 10.3. The zero-order valence-electron chi connectivity index (χ0n) is 7.35. The van der Waals surface area contributed by atoms with Crippen molar-refractivity contribution in [3.8, 4) is 0 Å². The fourth-order valence-electron chi connectivity index (χ4n) is 0.615. The van der Waals surface area contributed by atoms with Crippen molar-refractivity contribution in [2.75, 3.05) is 26.3 Å². The van der Waals surface area contributed by atoms with Crippen molar-refractivity contribution in [3.05, 3.63) is 0 Å². The summed E-state index contributed by atoms with van der Waals surface area (Å²) in [6.07, 6.45) is 0. The highest BCUT2D eigenvalue weighted by atomic mass is 19.3. The van der Waals surface area contributed by atoms with Crippen LogP contribution in [0.15, 0.2) is 0 Å². The zero-order chi connectivity index (χ0) is 10.3. The predicted molar refractivity (Wildman–Crippen MR) is 41.5 cm³/mol. The maximum absolute atomic E-state index is 12.3. The third-order valence-corrected chi connectivity index (χ3v) is 1.19. The molecule has 78 valence electrons. The molecular weight excluding hydrogens is 184 g/mol. The van der Waals surface area contributed by atoms with E-state index < -0.39 is 25.0 Å². The van der Waals surface area contributed by atoms with E-state index in [0.717, 1.165) is 0 Å². The Hall–Kier alpha value is -0.750. The molecule has 0 aromatic carbocycles. The molecule has 0 saturated carbocycles. The van der Waals surface area contributed by atoms with Crippen LogP contribution in [0.25, 0.3) is 0 Å². The van der Waals surface area contributed by atoms with E-state index >= 15 is 0 Å². The van der Waals surface area contributed by atoms with Crippen LogP contribution in [0, 0.1) is 0 Å². The van der Waals surface area contributed by atoms with E-state index in [1.807, 2.05) is 0 Å². The molecule has 0 spiro atoms. The van der Waals surface area contributed by atoms with E-state index in [1.54, 1.807) is 6.92 Å². The van der Waals surface area contributed by atoms with Gasteiger partial charge in [0, 0.05) is 0 Å². The number of ether oxygens (including phenoxy) is 1. The van der Waals surface area contributed by atoms with Crippen molar-refractivity contribution in [3.63, 3.8) is 0 Å². The topological polar surface area (TPSA) is 58.6 Å². The van der Waals surface area contributed by atoms with Gasteiger partial charge in [-0.1, -0.05) is 0 Å². The molecule has 0 radical (unpaired) electrons. The molecular formula is C7H13F2NO3. The first-order chi connectivity index (χ1) is 6.02. The summed E-state index contributed by atoms with van der Waals surface area (Å²) in [6, 6.07) is 0. The number of esters is 1. The van der Waals surface area contributed by atoms with E-state index in [-0.39, 0.29) is 13.2 Å². The summed E-state index contributed by atoms with van der Waals surface area (Å²) in [5.41, 5.74) is 0. The molecule has 0 amide bonds. The van der Waals surface area contributed by atoms with Gasteiger partial charge in [-0.25, -0.2) is 8.78 Å². The molecule has 0 fully saturated rings. The summed E-state index contributed by atoms with van der Waals surface area (Å²) in [7, 11) is 0. The monoisotopic (exact) mass is 197 g/mol. The lowest BCUT2D eigenvalue weighted by Crippen LogP contribution is -2.38. The van der Waals surface area contributed by atoms with Crippen LogP contribution < -0.4 is 5.32 Å². The van der Waals surface area contributed by atoms with Crippen molar-refractivity contribution in [1.29, 1.82) is 0 Å². The van der Waals surface area contributed by atoms with Gasteiger partial charge in [0.15, 0.2) is 0 Å². The maximum atomic E-state index is 12.3. The van der Waals surface area contributed by atoms with Crippen molar-refractivity contribution >= 4 is 5.97 Å². The molecule has 4 nitrogen and oxygen atoms in total. The van der Waals surface area contributed by atoms with Crippen LogP contribution in [-0.4, -0.2) is 43.3 Å². The van der Waals surface area contributed by atoms with E-state index in [9.17, 15) is 13.6 Å². The summed E-state index contributed by atoms with van der Waals surface area (Å²) < 4.78 is 29.1. The normalized spacial score (nSPS) is 11.4. The van der Waals surface area contributed by atoms with Gasteiger partial charge < -0.3 is 15.2 Å². The van der Waals surface area contributed by atoms with Crippen molar-refractivity contribution in [1.82, 2.24) is 5.32 Å². The number of nitrogens with one attached hydrogen (secondary N) is 1. The van der Waals surface area contributed by atoms with Crippen LogP contribution in [0.2, 0.25) is 0 Å². The second-order valence-corrected chi connectivity index (χ2v) is 2.42. The average Bonchev–Trinajstić information content (AvgIpc) is 2.05. The van der Waals surface area contributed by atoms with Gasteiger partial charge in [0.25, 0.3) is 5.92 Å². The molecule has 0 saturated heterocycles. The Morgan fingerprint density at radius 2 is 2.23 bits per heavy atom. The molecule has 0 aromatic heterocycles. The fourth-order valence-corrected chi connectivity index (χ4v) is 0.615. The van der Waals surface area contributed by atoms with E-state index in [2.05, 4.69) is 10.1 Å². The Kier molecular flexibility index (Phi) is 5.48. The van der Waals surface area contributed by atoms with Gasteiger partial charge in [0.05, 0.1) is 19.7 Å². The van der Waals surface area contributed by atoms with Crippen LogP contribution in [0.1, 0.15) is 6.92 Å². The number of hydrogen-bond acceptors (Lipinski definition) is 4. The molecule has 0 aliphatic carbocycles. The minimum atomic E-state index is -3.19. The highest BCUT2D eigenvalue weighted by Gasteiger charge is 2.27. The molecule has 13 heavy (non-hydrogen) atoms. The van der Waals surface area contributed by atoms with Gasteiger partial charge in [-0.05, 0) is 6.92 Å². The number of rotatable bonds is 6. The summed E-state index contributed by atoms with van der Waals surface area (Å²) in [6.45, 7) is -0.397. The summed E-state index contributed by atoms with van der Waals surface area (Å²) >= 11 is 0. The molecule has 0 heterocycles. The maximum Gasteiger partial charge on any atom is 0.319 e. The van der Waals surface area contributed by atoms with Crippen LogP contribution in [0.3, 0.4) is 0 Å². The van der Waals surface area contributed by atoms with Crippen LogP contribution in [-0.2, 0) is 9.53 Å². The SMILES string of the molecule is CCOC(=O)CNCC(F)(F)CO. The molecule has 6 heteroatoms. The van der Waals surface area contributed by atoms with Crippen molar-refractivity contribution in [2.45, 2.75) is 12.8 Å². The molecule has 0 aliphatic heterocycles. The zero-order valence-corrected chi connectivity index (χ0v) is 7.35. The first-order valence-corrected chi connectivity index (χ1v) is 3.87. The largest absolute Gasteiger partial charge is 0.465 e. The van der Waals surface area contributed by atoms with Gasteiger partial charge in [-0.2, -0.15) is 0 Å². The minimum absolute atomic E-state index is 0.219. The highest BCUT2D eigenvalue weighted by Crippen LogP contribution is 2.09. The number of aliphatic hydroxyl groups is 1. The van der Waals surface area contributed by atoms with Gasteiger partial charge in [0.1, 0.15) is 6.61 Å². The summed E-state index contributed by atoms with van der Waals surface area (Å²) in [5.74, 6) is -3.77. The van der Waals surface area contributed by atoms with E-state index in [4.69, 9.17) is 5.11 Å². The molecule has 0 aromatic rings. The highest BCUT2D eigenvalue weighted by molar-refractivity contribution is 5.71. The van der Waals surface area contributed by atoms with E-state index in [1.165, 1.54) is 0 Å². The molecule has 2 N–H and O–H groups in total. The molecule has 0 atom stereocenters. The van der Waals surface area contributed by atoms with Crippen LogP contribution in [0.4, 0.5) is 8.78 Å². The second kappa shape index (κ2) is 5.82. The van der Waals surface area contributed by atoms with Gasteiger partial charge in [-0.15, -0.1) is 0 Å². The number of alkyl halides is 2. The van der Waals surface area contributed by atoms with Crippen molar-refractivity contribution < 1.29 is 23.4 Å². The second-order valence-electron chi connectivity index (χ2n) is 2.42. The predicted octanol–water partition coefficient (Wildman–Crippen LogP) is -0.233. The Morgan fingerprint density at radius 1 is 1.62 bits per heavy atom. The number of halogens is 2. The standard InChI is InChI=1S/C7H13F2NO3/c1-2-13-6(12)3-10-4-7(8,9)5-11/h10-11H,2-5H2,1H3. The molecule has 0 rings (SSSR count). The van der Waals surface area contributed by atoms with E-state index in [0.29, 0.717) is 0 Å². The van der Waals surface area contributed by atoms with Gasteiger partial charge in [-0.3, -0.25) is 4.79 Å². The lowest BCUT2D eigenvalue weighted by atomic mass is 10.3. The Labute approximate surface area is 74.9 Å². The molecule has 0 bridgehead atoms. The van der Waals surface area contributed by atoms with Crippen molar-refractivity contribution in [2.24, 2.45) is 0 Å². The lowest BCUT2D eigenvalue weighted by Gasteiger charge is -2.13. The fraction of sp³-hybridized carbons (Fsp3) is 0.857. The first-order valence-electron chi connectivity index (χ1n) is 3.87. The molecule has 0 aliphatic rings. The first kappa shape index (κ1) is 12.2. The number of aliphatic hydroxyl groups excluding tert-OH is 1. The summed E-state index contributed by atoms with van der Waals surface area (Å²) in [4.78, 5) is 10.6. The number of hydrogen-bond donors (Lipinski definition) is 2. The number of carbonyl (C=O) groups is 1. The van der Waals surface area contributed by atoms with Crippen LogP contribution in [0.5, 0.6) is 0 Å². The van der Waals surface area contributed by atoms with Gasteiger partial charge >= 0.3 is 5.97 Å². The average molecular weight is 197 g/mol. The van der Waals surface area contributed by atoms with Gasteiger partial charge in [0.2, 0.25) is 0 Å². The quantitative estimate of drug-likeness (QED) is 0.577. The third-order valence-electron chi connectivity index (χ3n) is 1.19. The Balaban J connectivity index is 3.50. The molecule has 0 unspecified atom stereocenters. The third kappa shape index (κ3) is 6.41. The smallest absolute Gasteiger partial charge is 0.319 e. The Bertz CT molecular complexity index is 164. The Morgan fingerprint density at radius 3 is 2.69 bits per heavy atom. The lowest BCUT2D eigenvalue weighted by molar-refractivity contribution is -0.142. The number of carbonyl (C=O) groups excluding carboxylic acids is 1.